The summed E-state index contributed by atoms with van der Waals surface area (Å²) in [5, 5.41) is 9.78. The van der Waals surface area contributed by atoms with E-state index in [0.29, 0.717) is 12.6 Å². The van der Waals surface area contributed by atoms with Crippen LogP contribution in [0.4, 0.5) is 0 Å². The van der Waals surface area contributed by atoms with E-state index >= 15 is 0 Å². The van der Waals surface area contributed by atoms with Gasteiger partial charge in [0.2, 0.25) is 0 Å². The van der Waals surface area contributed by atoms with Crippen molar-refractivity contribution in [1.82, 2.24) is 15.6 Å². The summed E-state index contributed by atoms with van der Waals surface area (Å²) in [6, 6.07) is 10.7. The molecule has 0 aliphatic rings. The molecule has 21 heavy (non-hydrogen) atoms. The van der Waals surface area contributed by atoms with E-state index in [2.05, 4.69) is 52.0 Å². The van der Waals surface area contributed by atoms with Crippen LogP contribution < -0.4 is 10.6 Å². The Balaban J connectivity index is 1.94. The molecule has 0 spiro atoms. The molecule has 0 aliphatic heterocycles. The topological polar surface area (TPSA) is 49.3 Å². The quantitative estimate of drug-likeness (QED) is 0.658. The molecule has 1 unspecified atom stereocenters. The van der Waals surface area contributed by atoms with Gasteiger partial charge in [-0.05, 0) is 13.3 Å². The third-order valence-electron chi connectivity index (χ3n) is 3.23. The lowest BCUT2D eigenvalue weighted by Crippen LogP contribution is -2.41. The number of hydrogen-bond acceptors (Lipinski definition) is 3. The summed E-state index contributed by atoms with van der Waals surface area (Å²) in [6.45, 7) is 4.97. The van der Waals surface area contributed by atoms with Gasteiger partial charge in [-0.1, -0.05) is 37.3 Å². The van der Waals surface area contributed by atoms with Crippen molar-refractivity contribution in [2.45, 2.75) is 32.9 Å². The standard InChI is InChI=1S/C16H22N4S/c1-4-12(2)19-16(17-3)18-10-14-11-21-15(20-14)13-8-6-5-7-9-13/h5-9,11-12H,4,10H2,1-3H3,(H2,17,18,19). The summed E-state index contributed by atoms with van der Waals surface area (Å²) in [5.41, 5.74) is 2.20. The van der Waals surface area contributed by atoms with E-state index < -0.39 is 0 Å². The summed E-state index contributed by atoms with van der Waals surface area (Å²) in [5.74, 6) is 0.818. The van der Waals surface area contributed by atoms with Gasteiger partial charge in [-0.3, -0.25) is 4.99 Å². The monoisotopic (exact) mass is 302 g/mol. The lowest BCUT2D eigenvalue weighted by molar-refractivity contribution is 0.623. The first-order chi connectivity index (χ1) is 10.2. The van der Waals surface area contributed by atoms with Crippen molar-refractivity contribution in [2.75, 3.05) is 7.05 Å². The Bertz CT molecular complexity index is 577. The second-order valence-electron chi connectivity index (χ2n) is 4.89. The number of nitrogens with zero attached hydrogens (tertiary/aromatic N) is 2. The van der Waals surface area contributed by atoms with Gasteiger partial charge in [-0.15, -0.1) is 11.3 Å². The normalized spacial score (nSPS) is 13.0. The third kappa shape index (κ3) is 4.56. The first-order valence-electron chi connectivity index (χ1n) is 7.20. The first-order valence-corrected chi connectivity index (χ1v) is 8.08. The van der Waals surface area contributed by atoms with E-state index in [1.54, 1.807) is 18.4 Å². The van der Waals surface area contributed by atoms with Crippen molar-refractivity contribution in [3.05, 3.63) is 41.4 Å². The van der Waals surface area contributed by atoms with Gasteiger partial charge in [0.15, 0.2) is 5.96 Å². The molecule has 0 fully saturated rings. The van der Waals surface area contributed by atoms with Gasteiger partial charge >= 0.3 is 0 Å². The van der Waals surface area contributed by atoms with Gasteiger partial charge in [0.05, 0.1) is 12.2 Å². The number of aromatic nitrogens is 1. The molecule has 0 amide bonds. The van der Waals surface area contributed by atoms with Crippen LogP contribution >= 0.6 is 11.3 Å². The van der Waals surface area contributed by atoms with Crippen LogP contribution in [-0.2, 0) is 6.54 Å². The average Bonchev–Trinajstić information content (AvgIpc) is 3.01. The zero-order valence-electron chi connectivity index (χ0n) is 12.8. The van der Waals surface area contributed by atoms with E-state index in [4.69, 9.17) is 0 Å². The summed E-state index contributed by atoms with van der Waals surface area (Å²) in [7, 11) is 1.79. The zero-order chi connectivity index (χ0) is 15.1. The van der Waals surface area contributed by atoms with Gasteiger partial charge in [-0.25, -0.2) is 4.98 Å². The molecule has 1 aromatic heterocycles. The van der Waals surface area contributed by atoms with E-state index in [1.807, 2.05) is 18.2 Å². The lowest BCUT2D eigenvalue weighted by atomic mass is 10.2. The highest BCUT2D eigenvalue weighted by atomic mass is 32.1. The highest BCUT2D eigenvalue weighted by Crippen LogP contribution is 2.23. The smallest absolute Gasteiger partial charge is 0.191 e. The molecule has 0 saturated heterocycles. The minimum atomic E-state index is 0.409. The van der Waals surface area contributed by atoms with Gasteiger partial charge in [0.1, 0.15) is 5.01 Å². The Morgan fingerprint density at radius 2 is 2.10 bits per heavy atom. The Hall–Kier alpha value is -1.88. The molecular weight excluding hydrogens is 280 g/mol. The Labute approximate surface area is 130 Å². The van der Waals surface area contributed by atoms with Crippen LogP contribution in [0.15, 0.2) is 40.7 Å². The maximum absolute atomic E-state index is 4.66. The molecule has 1 aromatic carbocycles. The maximum atomic E-state index is 4.66. The summed E-state index contributed by atoms with van der Waals surface area (Å²) >= 11 is 1.67. The zero-order valence-corrected chi connectivity index (χ0v) is 13.6. The van der Waals surface area contributed by atoms with Crippen LogP contribution in [0.5, 0.6) is 0 Å². The number of aliphatic imine (C=N–C) groups is 1. The van der Waals surface area contributed by atoms with E-state index in [9.17, 15) is 0 Å². The van der Waals surface area contributed by atoms with Gasteiger partial charge in [-0.2, -0.15) is 0 Å². The second kappa shape index (κ2) is 7.78. The van der Waals surface area contributed by atoms with Crippen LogP contribution in [0, 0.1) is 0 Å². The fourth-order valence-electron chi connectivity index (χ4n) is 1.81. The number of hydrogen-bond donors (Lipinski definition) is 2. The molecular formula is C16H22N4S. The predicted molar refractivity (Wildman–Crippen MR) is 90.6 cm³/mol. The van der Waals surface area contributed by atoms with Crippen LogP contribution in [0.25, 0.3) is 10.6 Å². The molecule has 112 valence electrons. The molecule has 2 N–H and O–H groups in total. The van der Waals surface area contributed by atoms with Crippen molar-refractivity contribution < 1.29 is 0 Å². The fraction of sp³-hybridized carbons (Fsp3) is 0.375. The highest BCUT2D eigenvalue weighted by Gasteiger charge is 2.06. The average molecular weight is 302 g/mol. The molecule has 0 radical (unpaired) electrons. The first kappa shape index (κ1) is 15.5. The largest absolute Gasteiger partial charge is 0.354 e. The van der Waals surface area contributed by atoms with E-state index in [1.165, 1.54) is 0 Å². The van der Waals surface area contributed by atoms with Crippen LogP contribution in [0.1, 0.15) is 26.0 Å². The van der Waals surface area contributed by atoms with Crippen molar-refractivity contribution in [3.8, 4) is 10.6 Å². The molecule has 4 nitrogen and oxygen atoms in total. The molecule has 5 heteroatoms. The second-order valence-corrected chi connectivity index (χ2v) is 5.75. The predicted octanol–water partition coefficient (Wildman–Crippen LogP) is 3.27. The van der Waals surface area contributed by atoms with Crippen molar-refractivity contribution in [3.63, 3.8) is 0 Å². The van der Waals surface area contributed by atoms with Gasteiger partial charge < -0.3 is 10.6 Å². The summed E-state index contributed by atoms with van der Waals surface area (Å²) < 4.78 is 0. The van der Waals surface area contributed by atoms with Crippen molar-refractivity contribution in [1.29, 1.82) is 0 Å². The Morgan fingerprint density at radius 1 is 1.33 bits per heavy atom. The SMILES string of the molecule is CCC(C)NC(=NC)NCc1csc(-c2ccccc2)n1. The van der Waals surface area contributed by atoms with Gasteiger partial charge in [0, 0.05) is 24.0 Å². The molecule has 1 atom stereocenters. The van der Waals surface area contributed by atoms with Crippen LogP contribution in [0.3, 0.4) is 0 Å². The van der Waals surface area contributed by atoms with Crippen molar-refractivity contribution in [2.24, 2.45) is 4.99 Å². The van der Waals surface area contributed by atoms with E-state index in [0.717, 1.165) is 28.6 Å². The number of rotatable bonds is 5. The molecule has 2 rings (SSSR count). The minimum Gasteiger partial charge on any atom is -0.354 e. The maximum Gasteiger partial charge on any atom is 0.191 e. The molecule has 0 aliphatic carbocycles. The number of guanidine groups is 1. The molecule has 0 saturated carbocycles. The highest BCUT2D eigenvalue weighted by molar-refractivity contribution is 7.13. The number of nitrogens with one attached hydrogen (secondary N) is 2. The van der Waals surface area contributed by atoms with E-state index in [-0.39, 0.29) is 0 Å². The molecule has 2 aromatic rings. The molecule has 1 heterocycles. The summed E-state index contributed by atoms with van der Waals surface area (Å²) in [4.78, 5) is 8.89. The third-order valence-corrected chi connectivity index (χ3v) is 4.17. The van der Waals surface area contributed by atoms with Crippen molar-refractivity contribution >= 4 is 17.3 Å². The Morgan fingerprint density at radius 3 is 2.76 bits per heavy atom. The lowest BCUT2D eigenvalue weighted by Gasteiger charge is -2.15. The summed E-state index contributed by atoms with van der Waals surface area (Å²) in [6.07, 6.45) is 1.07. The van der Waals surface area contributed by atoms with Gasteiger partial charge in [0.25, 0.3) is 0 Å². The minimum absolute atomic E-state index is 0.409. The number of benzene rings is 1. The fourth-order valence-corrected chi connectivity index (χ4v) is 2.63. The molecule has 0 bridgehead atoms. The van der Waals surface area contributed by atoms with Crippen LogP contribution in [0.2, 0.25) is 0 Å². The Kier molecular flexibility index (Phi) is 5.75. The number of thiazole rings is 1. The van der Waals surface area contributed by atoms with Crippen LogP contribution in [-0.4, -0.2) is 24.0 Å².